The van der Waals surface area contributed by atoms with Crippen LogP contribution in [0.1, 0.15) is 11.1 Å². The largest absolute Gasteiger partial charge is 0.456 e. The summed E-state index contributed by atoms with van der Waals surface area (Å²) in [5.74, 6) is 1.64. The van der Waals surface area contributed by atoms with Gasteiger partial charge in [0.05, 0.1) is 12.6 Å². The molecule has 1 aromatic heterocycles. The van der Waals surface area contributed by atoms with Crippen LogP contribution in [-0.4, -0.2) is 4.98 Å². The van der Waals surface area contributed by atoms with Crippen molar-refractivity contribution in [2.45, 2.75) is 13.5 Å². The molecule has 26 heavy (non-hydrogen) atoms. The number of ether oxygens (including phenoxy) is 1. The number of hydrogen-bond acceptors (Lipinski definition) is 2. The topological polar surface area (TPSA) is 30.4 Å². The summed E-state index contributed by atoms with van der Waals surface area (Å²) in [5, 5.41) is 3.40. The first-order valence-electron chi connectivity index (χ1n) is 8.52. The van der Waals surface area contributed by atoms with Gasteiger partial charge in [-0.25, -0.2) is 11.1 Å². The second-order valence-corrected chi connectivity index (χ2v) is 6.71. The Hall–Kier alpha value is -3.45. The first-order valence-corrected chi connectivity index (χ1v) is 8.52. The number of aryl methyl sites for hydroxylation is 2. The predicted molar refractivity (Wildman–Crippen MR) is 101 cm³/mol. The summed E-state index contributed by atoms with van der Waals surface area (Å²) in [4.78, 5) is 8.08. The van der Waals surface area contributed by atoms with Crippen LogP contribution in [0.15, 0.2) is 48.8 Å². The first-order chi connectivity index (χ1) is 12.7. The molecule has 4 nitrogen and oxygen atoms in total. The van der Waals surface area contributed by atoms with E-state index in [2.05, 4.69) is 45.6 Å². The third-order valence-electron chi connectivity index (χ3n) is 5.09. The average molecular weight is 338 g/mol. The fraction of sp³-hybridized carbons (Fsp3) is 0.136. The van der Waals surface area contributed by atoms with Crippen molar-refractivity contribution in [3.63, 3.8) is 0 Å². The normalized spacial score (nSPS) is 11.9. The van der Waals surface area contributed by atoms with Gasteiger partial charge < -0.3 is 9.58 Å². The van der Waals surface area contributed by atoms with Gasteiger partial charge in [0, 0.05) is 11.6 Å². The summed E-state index contributed by atoms with van der Waals surface area (Å²) in [6.07, 6.45) is 1.84. The Morgan fingerprint density at radius 1 is 1.15 bits per heavy atom. The zero-order valence-electron chi connectivity index (χ0n) is 14.6. The molecular formula is C22H16N3O+. The highest BCUT2D eigenvalue weighted by atomic mass is 16.5. The van der Waals surface area contributed by atoms with Crippen molar-refractivity contribution < 1.29 is 9.30 Å². The van der Waals surface area contributed by atoms with Gasteiger partial charge in [-0.15, -0.1) is 0 Å². The average Bonchev–Trinajstić information content (AvgIpc) is 2.64. The second kappa shape index (κ2) is 5.27. The second-order valence-electron chi connectivity index (χ2n) is 6.71. The maximum absolute atomic E-state index is 7.16. The van der Waals surface area contributed by atoms with E-state index < -0.39 is 0 Å². The number of nitrogens with zero attached hydrogens (tertiary/aromatic N) is 3. The summed E-state index contributed by atoms with van der Waals surface area (Å²) < 4.78 is 8.38. The summed E-state index contributed by atoms with van der Waals surface area (Å²) in [5.41, 5.74) is 5.23. The van der Waals surface area contributed by atoms with Gasteiger partial charge in [-0.2, -0.15) is 0 Å². The lowest BCUT2D eigenvalue weighted by Gasteiger charge is -2.22. The molecule has 5 rings (SSSR count). The maximum Gasteiger partial charge on any atom is 0.287 e. The highest BCUT2D eigenvalue weighted by molar-refractivity contribution is 6.04. The molecule has 2 heterocycles. The van der Waals surface area contributed by atoms with Gasteiger partial charge in [0.2, 0.25) is 6.54 Å². The maximum atomic E-state index is 7.16. The van der Waals surface area contributed by atoms with Crippen molar-refractivity contribution in [3.05, 3.63) is 71.3 Å². The van der Waals surface area contributed by atoms with E-state index >= 15 is 0 Å². The molecule has 124 valence electrons. The quantitative estimate of drug-likeness (QED) is 0.327. The van der Waals surface area contributed by atoms with Crippen LogP contribution in [0.5, 0.6) is 11.5 Å². The molecule has 0 unspecified atom stereocenters. The van der Waals surface area contributed by atoms with Crippen molar-refractivity contribution in [2.24, 2.45) is 7.05 Å². The Balaban J connectivity index is 1.94. The number of fused-ring (bicyclic) bond motifs is 3. The van der Waals surface area contributed by atoms with Crippen LogP contribution in [0.3, 0.4) is 0 Å². The molecule has 0 atom stereocenters. The van der Waals surface area contributed by atoms with E-state index in [0.717, 1.165) is 44.6 Å². The number of hydrogen-bond donors (Lipinski definition) is 0. The van der Waals surface area contributed by atoms with Crippen LogP contribution >= 0.6 is 0 Å². The van der Waals surface area contributed by atoms with Crippen molar-refractivity contribution in [2.75, 3.05) is 0 Å². The molecule has 0 bridgehead atoms. The Bertz CT molecular complexity index is 1270. The molecule has 0 fully saturated rings. The van der Waals surface area contributed by atoms with E-state index in [1.165, 1.54) is 10.9 Å². The molecule has 3 aromatic carbocycles. The number of aromatic nitrogens is 2. The molecule has 0 saturated carbocycles. The van der Waals surface area contributed by atoms with Gasteiger partial charge in [-0.3, -0.25) is 0 Å². The highest BCUT2D eigenvalue weighted by Crippen LogP contribution is 2.48. The summed E-state index contributed by atoms with van der Waals surface area (Å²) in [6, 6.07) is 14.4. The van der Waals surface area contributed by atoms with Crippen molar-refractivity contribution in [1.82, 2.24) is 4.98 Å². The molecule has 4 aromatic rings. The van der Waals surface area contributed by atoms with E-state index in [1.54, 1.807) is 0 Å². The Labute approximate surface area is 151 Å². The monoisotopic (exact) mass is 338 g/mol. The van der Waals surface area contributed by atoms with E-state index in [9.17, 15) is 0 Å². The standard InChI is InChI=1S/C22H16N3O/c1-13-16-7-5-4-6-15(16)10-19-20(13)22-21-17(24-12-25(22)3)8-14(11-23-2)9-18(21)26-19/h4-10,12H,11H2,1,3H3/q+1. The lowest BCUT2D eigenvalue weighted by atomic mass is 9.92. The van der Waals surface area contributed by atoms with Crippen LogP contribution in [0.4, 0.5) is 0 Å². The Kier molecular flexibility index (Phi) is 3.01. The molecule has 0 aliphatic carbocycles. The van der Waals surface area contributed by atoms with Gasteiger partial charge in [-0.05, 0) is 40.4 Å². The number of rotatable bonds is 1. The lowest BCUT2D eigenvalue weighted by Crippen LogP contribution is -2.32. The molecule has 0 amide bonds. The van der Waals surface area contributed by atoms with Crippen molar-refractivity contribution >= 4 is 21.7 Å². The van der Waals surface area contributed by atoms with Crippen LogP contribution in [0, 0.1) is 13.5 Å². The molecule has 0 spiro atoms. The highest BCUT2D eigenvalue weighted by Gasteiger charge is 2.30. The number of benzene rings is 3. The van der Waals surface area contributed by atoms with Crippen LogP contribution in [0.2, 0.25) is 0 Å². The molecule has 1 aliphatic rings. The molecular weight excluding hydrogens is 322 g/mol. The minimum atomic E-state index is 0.327. The van der Waals surface area contributed by atoms with Crippen LogP contribution in [0.25, 0.3) is 37.8 Å². The van der Waals surface area contributed by atoms with Crippen LogP contribution < -0.4 is 9.30 Å². The van der Waals surface area contributed by atoms with Gasteiger partial charge in [0.15, 0.2) is 11.2 Å². The lowest BCUT2D eigenvalue weighted by molar-refractivity contribution is -0.662. The van der Waals surface area contributed by atoms with Crippen LogP contribution in [-0.2, 0) is 13.6 Å². The van der Waals surface area contributed by atoms with Crippen molar-refractivity contribution in [3.8, 4) is 22.8 Å². The SMILES string of the molecule is [C-]#[N+]Cc1cc2c3c([n+](C)cnc3c1)-c1c(cc3ccccc3c1C)O2. The minimum absolute atomic E-state index is 0.327. The molecule has 4 heteroatoms. The van der Waals surface area contributed by atoms with Gasteiger partial charge >= 0.3 is 0 Å². The van der Waals surface area contributed by atoms with Gasteiger partial charge in [0.1, 0.15) is 16.9 Å². The van der Waals surface area contributed by atoms with Gasteiger partial charge in [-0.1, -0.05) is 24.3 Å². The van der Waals surface area contributed by atoms with Gasteiger partial charge in [0.25, 0.3) is 6.33 Å². The minimum Gasteiger partial charge on any atom is -0.456 e. The Morgan fingerprint density at radius 3 is 2.85 bits per heavy atom. The zero-order valence-corrected chi connectivity index (χ0v) is 14.6. The predicted octanol–water partition coefficient (Wildman–Crippen LogP) is 4.71. The third kappa shape index (κ3) is 1.94. The molecule has 1 aliphatic heterocycles. The third-order valence-corrected chi connectivity index (χ3v) is 5.09. The van der Waals surface area contributed by atoms with Crippen molar-refractivity contribution in [1.29, 1.82) is 0 Å². The van der Waals surface area contributed by atoms with E-state index in [4.69, 9.17) is 11.3 Å². The molecule has 0 radical (unpaired) electrons. The summed E-state index contributed by atoms with van der Waals surface area (Å²) >= 11 is 0. The fourth-order valence-corrected chi connectivity index (χ4v) is 3.93. The summed E-state index contributed by atoms with van der Waals surface area (Å²) in [7, 11) is 2.02. The van der Waals surface area contributed by atoms with E-state index in [0.29, 0.717) is 6.54 Å². The van der Waals surface area contributed by atoms with E-state index in [1.807, 2.05) is 31.6 Å². The zero-order chi connectivity index (χ0) is 17.8. The molecule has 0 saturated heterocycles. The Morgan fingerprint density at radius 2 is 2.00 bits per heavy atom. The summed E-state index contributed by atoms with van der Waals surface area (Å²) in [6.45, 7) is 9.64. The van der Waals surface area contributed by atoms with E-state index in [-0.39, 0.29) is 0 Å². The first kappa shape index (κ1) is 14.9. The fourth-order valence-electron chi connectivity index (χ4n) is 3.93. The smallest absolute Gasteiger partial charge is 0.287 e. The molecule has 0 N–H and O–H groups in total.